The summed E-state index contributed by atoms with van der Waals surface area (Å²) < 4.78 is 5.28. The number of nitrogens with one attached hydrogen (secondary N) is 1. The van der Waals surface area contributed by atoms with Crippen molar-refractivity contribution in [3.05, 3.63) is 35.9 Å². The summed E-state index contributed by atoms with van der Waals surface area (Å²) in [5.74, 6) is -1.80. The van der Waals surface area contributed by atoms with Gasteiger partial charge in [-0.1, -0.05) is 44.2 Å². The normalized spacial score (nSPS) is 12.2. The summed E-state index contributed by atoms with van der Waals surface area (Å²) >= 11 is 0. The van der Waals surface area contributed by atoms with Crippen LogP contribution in [0.2, 0.25) is 0 Å². The van der Waals surface area contributed by atoms with E-state index in [0.29, 0.717) is 6.61 Å². The van der Waals surface area contributed by atoms with Gasteiger partial charge in [0.15, 0.2) is 0 Å². The maximum absolute atomic E-state index is 11.6. The van der Waals surface area contributed by atoms with E-state index in [1.165, 1.54) is 0 Å². The van der Waals surface area contributed by atoms with Crippen molar-refractivity contribution in [2.24, 2.45) is 11.8 Å². The van der Waals surface area contributed by atoms with Crippen molar-refractivity contribution in [2.45, 2.75) is 20.5 Å². The Hall–Kier alpha value is -1.88. The summed E-state index contributed by atoms with van der Waals surface area (Å²) in [7, 11) is 0. The summed E-state index contributed by atoms with van der Waals surface area (Å²) in [5, 5.41) is 11.6. The molecule has 1 aromatic rings. The molecule has 0 aliphatic carbocycles. The van der Waals surface area contributed by atoms with Crippen molar-refractivity contribution in [2.75, 3.05) is 13.2 Å². The molecule has 0 radical (unpaired) electrons. The maximum Gasteiger partial charge on any atom is 0.308 e. The first kappa shape index (κ1) is 16.2. The number of carboxylic acids is 1. The number of hydrogen-bond donors (Lipinski definition) is 2. The van der Waals surface area contributed by atoms with Gasteiger partial charge in [0.2, 0.25) is 5.91 Å². The lowest BCUT2D eigenvalue weighted by Gasteiger charge is -2.16. The molecule has 1 aromatic carbocycles. The van der Waals surface area contributed by atoms with Gasteiger partial charge in [-0.3, -0.25) is 9.59 Å². The Morgan fingerprint density at radius 1 is 1.25 bits per heavy atom. The number of carboxylic acid groups (broad SMARTS) is 1. The largest absolute Gasteiger partial charge is 0.481 e. The first-order valence-electron chi connectivity index (χ1n) is 6.62. The minimum atomic E-state index is -0.898. The number of hydrogen-bond acceptors (Lipinski definition) is 3. The van der Waals surface area contributed by atoms with Gasteiger partial charge in [0.1, 0.15) is 6.61 Å². The highest BCUT2D eigenvalue weighted by molar-refractivity contribution is 5.78. The zero-order valence-corrected chi connectivity index (χ0v) is 11.8. The van der Waals surface area contributed by atoms with E-state index in [1.54, 1.807) is 0 Å². The second-order valence-corrected chi connectivity index (χ2v) is 4.97. The minimum absolute atomic E-state index is 0.0296. The average molecular weight is 279 g/mol. The maximum atomic E-state index is 11.6. The predicted octanol–water partition coefficient (Wildman–Crippen LogP) is 1.68. The van der Waals surface area contributed by atoms with Gasteiger partial charge in [-0.2, -0.15) is 0 Å². The van der Waals surface area contributed by atoms with Crippen LogP contribution in [-0.4, -0.2) is 30.1 Å². The van der Waals surface area contributed by atoms with Crippen LogP contribution in [0.15, 0.2) is 30.3 Å². The van der Waals surface area contributed by atoms with Crippen molar-refractivity contribution >= 4 is 11.9 Å². The van der Waals surface area contributed by atoms with Gasteiger partial charge in [-0.15, -0.1) is 0 Å². The molecule has 0 aromatic heterocycles. The Morgan fingerprint density at radius 3 is 2.45 bits per heavy atom. The number of benzene rings is 1. The van der Waals surface area contributed by atoms with E-state index >= 15 is 0 Å². The molecule has 0 aliphatic heterocycles. The fourth-order valence-electron chi connectivity index (χ4n) is 1.72. The molecule has 0 fully saturated rings. The molecule has 1 rings (SSSR count). The first-order valence-corrected chi connectivity index (χ1v) is 6.62. The zero-order valence-electron chi connectivity index (χ0n) is 11.8. The van der Waals surface area contributed by atoms with Crippen LogP contribution in [0.25, 0.3) is 0 Å². The lowest BCUT2D eigenvalue weighted by molar-refractivity contribution is -0.143. The average Bonchev–Trinajstić information content (AvgIpc) is 2.39. The van der Waals surface area contributed by atoms with Crippen LogP contribution in [-0.2, 0) is 20.9 Å². The molecule has 5 nitrogen and oxygen atoms in total. The fourth-order valence-corrected chi connectivity index (χ4v) is 1.72. The van der Waals surface area contributed by atoms with Crippen molar-refractivity contribution < 1.29 is 19.4 Å². The Bertz CT molecular complexity index is 431. The van der Waals surface area contributed by atoms with Crippen LogP contribution >= 0.6 is 0 Å². The van der Waals surface area contributed by atoms with Gasteiger partial charge in [0.05, 0.1) is 12.5 Å². The molecule has 20 heavy (non-hydrogen) atoms. The third kappa shape index (κ3) is 5.84. The Morgan fingerprint density at radius 2 is 1.90 bits per heavy atom. The standard InChI is InChI=1S/C15H21NO4/c1-11(2)13(15(18)19)8-16-14(17)10-20-9-12-6-4-3-5-7-12/h3-7,11,13H,8-10H2,1-2H3,(H,16,17)(H,18,19). The molecule has 5 heteroatoms. The molecule has 0 saturated carbocycles. The van der Waals surface area contributed by atoms with E-state index < -0.39 is 11.9 Å². The van der Waals surface area contributed by atoms with Gasteiger partial charge in [-0.05, 0) is 11.5 Å². The third-order valence-electron chi connectivity index (χ3n) is 2.99. The van der Waals surface area contributed by atoms with Crippen molar-refractivity contribution in [3.8, 4) is 0 Å². The highest BCUT2D eigenvalue weighted by atomic mass is 16.5. The van der Waals surface area contributed by atoms with Crippen molar-refractivity contribution in [3.63, 3.8) is 0 Å². The van der Waals surface area contributed by atoms with Crippen molar-refractivity contribution in [1.82, 2.24) is 5.32 Å². The van der Waals surface area contributed by atoms with Crippen LogP contribution in [0.5, 0.6) is 0 Å². The molecule has 0 bridgehead atoms. The van der Waals surface area contributed by atoms with Gasteiger partial charge in [0.25, 0.3) is 0 Å². The van der Waals surface area contributed by atoms with Gasteiger partial charge < -0.3 is 15.2 Å². The lowest BCUT2D eigenvalue weighted by Crippen LogP contribution is -2.37. The van der Waals surface area contributed by atoms with Crippen molar-refractivity contribution in [1.29, 1.82) is 0 Å². The topological polar surface area (TPSA) is 75.6 Å². The smallest absolute Gasteiger partial charge is 0.308 e. The van der Waals surface area contributed by atoms with Gasteiger partial charge >= 0.3 is 5.97 Å². The molecular weight excluding hydrogens is 258 g/mol. The van der Waals surface area contributed by atoms with Crippen LogP contribution in [0.3, 0.4) is 0 Å². The van der Waals surface area contributed by atoms with Crippen LogP contribution < -0.4 is 5.32 Å². The molecule has 1 amide bonds. The van der Waals surface area contributed by atoms with Gasteiger partial charge in [0, 0.05) is 6.54 Å². The monoisotopic (exact) mass is 279 g/mol. The zero-order chi connectivity index (χ0) is 15.0. The Balaban J connectivity index is 2.25. The van der Waals surface area contributed by atoms with E-state index in [2.05, 4.69) is 5.32 Å². The fraction of sp³-hybridized carbons (Fsp3) is 0.467. The molecule has 0 spiro atoms. The lowest BCUT2D eigenvalue weighted by atomic mass is 9.96. The second-order valence-electron chi connectivity index (χ2n) is 4.97. The van der Waals surface area contributed by atoms with Crippen LogP contribution in [0.1, 0.15) is 19.4 Å². The molecule has 2 N–H and O–H groups in total. The summed E-state index contributed by atoms with van der Waals surface area (Å²) in [5.41, 5.74) is 0.992. The highest BCUT2D eigenvalue weighted by Gasteiger charge is 2.21. The number of aliphatic carboxylic acids is 1. The molecule has 1 unspecified atom stereocenters. The summed E-state index contributed by atoms with van der Waals surface area (Å²) in [6.07, 6.45) is 0. The van der Waals surface area contributed by atoms with E-state index in [4.69, 9.17) is 9.84 Å². The third-order valence-corrected chi connectivity index (χ3v) is 2.99. The molecular formula is C15H21NO4. The second kappa shape index (κ2) is 8.32. The SMILES string of the molecule is CC(C)C(CNC(=O)COCc1ccccc1)C(=O)O. The predicted molar refractivity (Wildman–Crippen MR) is 75.1 cm³/mol. The molecule has 0 saturated heterocycles. The summed E-state index contributed by atoms with van der Waals surface area (Å²) in [6.45, 7) is 4.05. The number of ether oxygens (including phenoxy) is 1. The van der Waals surface area contributed by atoms with E-state index in [9.17, 15) is 9.59 Å². The molecule has 110 valence electrons. The summed E-state index contributed by atoms with van der Waals surface area (Å²) in [4.78, 5) is 22.5. The van der Waals surface area contributed by atoms with Crippen LogP contribution in [0, 0.1) is 11.8 Å². The quantitative estimate of drug-likeness (QED) is 0.759. The number of rotatable bonds is 8. The Labute approximate surface area is 118 Å². The van der Waals surface area contributed by atoms with Gasteiger partial charge in [-0.25, -0.2) is 0 Å². The molecule has 0 heterocycles. The Kier molecular flexibility index (Phi) is 6.73. The first-order chi connectivity index (χ1) is 9.50. The molecule has 0 aliphatic rings. The number of carbonyl (C=O) groups excluding carboxylic acids is 1. The number of amides is 1. The number of carbonyl (C=O) groups is 2. The van der Waals surface area contributed by atoms with E-state index in [1.807, 2.05) is 44.2 Å². The summed E-state index contributed by atoms with van der Waals surface area (Å²) in [6, 6.07) is 9.54. The van der Waals surface area contributed by atoms with E-state index in [0.717, 1.165) is 5.56 Å². The molecule has 1 atom stereocenters. The minimum Gasteiger partial charge on any atom is -0.481 e. The highest BCUT2D eigenvalue weighted by Crippen LogP contribution is 2.09. The van der Waals surface area contributed by atoms with E-state index in [-0.39, 0.29) is 25.0 Å². The van der Waals surface area contributed by atoms with Crippen LogP contribution in [0.4, 0.5) is 0 Å².